The summed E-state index contributed by atoms with van der Waals surface area (Å²) in [6.45, 7) is 8.16. The molecule has 1 aliphatic heterocycles. The normalized spacial score (nSPS) is 24.8. The standard InChI is InChI=1S/C12H20BrNO4/c1-11(2,3)18-10(16)14-5-6-17-12(4,8-14)9(15)7-13/h5-8H2,1-4H3. The Kier molecular flexibility index (Phi) is 4.78. The Bertz CT molecular complexity index is 339. The predicted octanol–water partition coefficient (Wildman–Crippen LogP) is 1.98. The van der Waals surface area contributed by atoms with E-state index in [-0.39, 0.29) is 17.7 Å². The van der Waals surface area contributed by atoms with E-state index in [0.717, 1.165) is 0 Å². The number of Topliss-reactive ketones (excluding diaryl/α,β-unsaturated/α-hetero) is 1. The topological polar surface area (TPSA) is 55.8 Å². The van der Waals surface area contributed by atoms with E-state index in [2.05, 4.69) is 15.9 Å². The molecule has 0 spiro atoms. The molecule has 0 aromatic rings. The minimum absolute atomic E-state index is 0.0734. The molecule has 1 fully saturated rings. The molecular weight excluding hydrogens is 302 g/mol. The lowest BCUT2D eigenvalue weighted by molar-refractivity contribution is -0.150. The van der Waals surface area contributed by atoms with Crippen LogP contribution in [0.3, 0.4) is 0 Å². The highest BCUT2D eigenvalue weighted by Gasteiger charge is 2.40. The predicted molar refractivity (Wildman–Crippen MR) is 71.0 cm³/mol. The summed E-state index contributed by atoms with van der Waals surface area (Å²) in [5.74, 6) is -0.0734. The summed E-state index contributed by atoms with van der Waals surface area (Å²) in [5, 5.41) is 0.214. The van der Waals surface area contributed by atoms with Crippen LogP contribution in [0.1, 0.15) is 27.7 Å². The molecule has 0 saturated carbocycles. The number of hydrogen-bond acceptors (Lipinski definition) is 4. The van der Waals surface area contributed by atoms with Crippen molar-refractivity contribution in [1.82, 2.24) is 4.90 Å². The number of rotatable bonds is 2. The fourth-order valence-electron chi connectivity index (χ4n) is 1.66. The number of halogens is 1. The Hall–Kier alpha value is -0.620. The molecule has 1 saturated heterocycles. The van der Waals surface area contributed by atoms with Crippen molar-refractivity contribution in [3.63, 3.8) is 0 Å². The van der Waals surface area contributed by atoms with Gasteiger partial charge >= 0.3 is 6.09 Å². The molecule has 0 aliphatic carbocycles. The zero-order valence-corrected chi connectivity index (χ0v) is 12.9. The molecule has 1 aliphatic rings. The second-order valence-electron chi connectivity index (χ2n) is 5.54. The van der Waals surface area contributed by atoms with E-state index in [4.69, 9.17) is 9.47 Å². The highest BCUT2D eigenvalue weighted by atomic mass is 79.9. The van der Waals surface area contributed by atoms with Crippen LogP contribution in [0.2, 0.25) is 0 Å². The summed E-state index contributed by atoms with van der Waals surface area (Å²) in [6, 6.07) is 0. The van der Waals surface area contributed by atoms with Gasteiger partial charge in [-0.2, -0.15) is 0 Å². The van der Waals surface area contributed by atoms with Crippen molar-refractivity contribution in [2.75, 3.05) is 25.0 Å². The van der Waals surface area contributed by atoms with Gasteiger partial charge in [-0.1, -0.05) is 15.9 Å². The third-order valence-electron chi connectivity index (χ3n) is 2.64. The lowest BCUT2D eigenvalue weighted by atomic mass is 10.00. The molecule has 0 radical (unpaired) electrons. The van der Waals surface area contributed by atoms with Gasteiger partial charge in [0.25, 0.3) is 0 Å². The molecule has 104 valence electrons. The summed E-state index contributed by atoms with van der Waals surface area (Å²) in [7, 11) is 0. The maximum atomic E-state index is 11.9. The van der Waals surface area contributed by atoms with Crippen molar-refractivity contribution in [2.24, 2.45) is 0 Å². The minimum Gasteiger partial charge on any atom is -0.444 e. The van der Waals surface area contributed by atoms with Crippen molar-refractivity contribution >= 4 is 27.8 Å². The fourth-order valence-corrected chi connectivity index (χ4v) is 2.26. The van der Waals surface area contributed by atoms with Gasteiger partial charge in [0, 0.05) is 6.54 Å². The van der Waals surface area contributed by atoms with E-state index >= 15 is 0 Å². The van der Waals surface area contributed by atoms with Crippen molar-refractivity contribution in [1.29, 1.82) is 0 Å². The molecule has 1 atom stereocenters. The monoisotopic (exact) mass is 321 g/mol. The molecular formula is C12H20BrNO4. The molecule has 0 bridgehead atoms. The molecule has 1 unspecified atom stereocenters. The number of alkyl halides is 1. The highest BCUT2D eigenvalue weighted by molar-refractivity contribution is 9.09. The Morgan fingerprint density at radius 3 is 2.56 bits per heavy atom. The lowest BCUT2D eigenvalue weighted by Crippen LogP contribution is -2.57. The Morgan fingerprint density at radius 1 is 1.44 bits per heavy atom. The minimum atomic E-state index is -0.946. The van der Waals surface area contributed by atoms with Gasteiger partial charge in [-0.15, -0.1) is 0 Å². The van der Waals surface area contributed by atoms with Gasteiger partial charge < -0.3 is 14.4 Å². The third kappa shape index (κ3) is 3.95. The summed E-state index contributed by atoms with van der Waals surface area (Å²) in [6.07, 6.45) is -0.403. The van der Waals surface area contributed by atoms with Crippen LogP contribution < -0.4 is 0 Å². The van der Waals surface area contributed by atoms with Gasteiger partial charge in [0.2, 0.25) is 0 Å². The van der Waals surface area contributed by atoms with Crippen LogP contribution in [-0.4, -0.2) is 53.0 Å². The van der Waals surface area contributed by atoms with Crippen LogP contribution in [0.15, 0.2) is 0 Å². The number of hydrogen-bond donors (Lipinski definition) is 0. The maximum Gasteiger partial charge on any atom is 0.410 e. The number of ether oxygens (including phenoxy) is 2. The number of ketones is 1. The van der Waals surface area contributed by atoms with E-state index < -0.39 is 17.3 Å². The second-order valence-corrected chi connectivity index (χ2v) is 6.10. The summed E-state index contributed by atoms with van der Waals surface area (Å²) in [4.78, 5) is 25.3. The number of morpholine rings is 1. The average Bonchev–Trinajstić information content (AvgIpc) is 2.25. The molecule has 0 aromatic heterocycles. The average molecular weight is 322 g/mol. The molecule has 1 amide bonds. The van der Waals surface area contributed by atoms with Gasteiger partial charge in [0.15, 0.2) is 5.78 Å². The van der Waals surface area contributed by atoms with Crippen LogP contribution in [0.25, 0.3) is 0 Å². The Morgan fingerprint density at radius 2 is 2.06 bits per heavy atom. The van der Waals surface area contributed by atoms with Crippen molar-refractivity contribution in [3.05, 3.63) is 0 Å². The fraction of sp³-hybridized carbons (Fsp3) is 0.833. The van der Waals surface area contributed by atoms with Gasteiger partial charge in [0.1, 0.15) is 11.2 Å². The number of carbonyl (C=O) groups excluding carboxylic acids is 2. The van der Waals surface area contributed by atoms with E-state index in [0.29, 0.717) is 13.2 Å². The van der Waals surface area contributed by atoms with E-state index in [9.17, 15) is 9.59 Å². The zero-order chi connectivity index (χ0) is 14.0. The van der Waals surface area contributed by atoms with Crippen molar-refractivity contribution < 1.29 is 19.1 Å². The van der Waals surface area contributed by atoms with Gasteiger partial charge in [0.05, 0.1) is 18.5 Å². The smallest absolute Gasteiger partial charge is 0.410 e. The lowest BCUT2D eigenvalue weighted by Gasteiger charge is -2.39. The van der Waals surface area contributed by atoms with Crippen molar-refractivity contribution in [2.45, 2.75) is 38.9 Å². The first kappa shape index (κ1) is 15.4. The van der Waals surface area contributed by atoms with Crippen LogP contribution in [0.5, 0.6) is 0 Å². The SMILES string of the molecule is CC(C)(C)OC(=O)N1CCOC(C)(C(=O)CBr)C1. The number of amides is 1. The first-order valence-electron chi connectivity index (χ1n) is 5.89. The van der Waals surface area contributed by atoms with Gasteiger partial charge in [-0.3, -0.25) is 4.79 Å². The number of nitrogens with zero attached hydrogens (tertiary/aromatic N) is 1. The number of carbonyl (C=O) groups is 2. The Balaban J connectivity index is 2.69. The van der Waals surface area contributed by atoms with E-state index in [1.165, 1.54) is 4.90 Å². The van der Waals surface area contributed by atoms with Gasteiger partial charge in [-0.25, -0.2) is 4.79 Å². The summed E-state index contributed by atoms with van der Waals surface area (Å²) < 4.78 is 10.8. The third-order valence-corrected chi connectivity index (χ3v) is 3.15. The van der Waals surface area contributed by atoms with Crippen LogP contribution in [0.4, 0.5) is 4.79 Å². The molecule has 6 heteroatoms. The first-order chi connectivity index (χ1) is 8.18. The summed E-state index contributed by atoms with van der Waals surface area (Å²) in [5.41, 5.74) is -1.48. The zero-order valence-electron chi connectivity index (χ0n) is 11.3. The molecule has 5 nitrogen and oxygen atoms in total. The van der Waals surface area contributed by atoms with E-state index in [1.54, 1.807) is 6.92 Å². The first-order valence-corrected chi connectivity index (χ1v) is 7.01. The van der Waals surface area contributed by atoms with Crippen LogP contribution in [0, 0.1) is 0 Å². The van der Waals surface area contributed by atoms with E-state index in [1.807, 2.05) is 20.8 Å². The molecule has 0 N–H and O–H groups in total. The molecule has 18 heavy (non-hydrogen) atoms. The largest absolute Gasteiger partial charge is 0.444 e. The highest BCUT2D eigenvalue weighted by Crippen LogP contribution is 2.21. The molecule has 0 aromatic carbocycles. The molecule has 1 rings (SSSR count). The van der Waals surface area contributed by atoms with Gasteiger partial charge in [-0.05, 0) is 27.7 Å². The second kappa shape index (κ2) is 5.57. The summed E-state index contributed by atoms with van der Waals surface area (Å²) >= 11 is 3.13. The van der Waals surface area contributed by atoms with Crippen LogP contribution in [-0.2, 0) is 14.3 Å². The van der Waals surface area contributed by atoms with Crippen molar-refractivity contribution in [3.8, 4) is 0 Å². The Labute approximate surface area is 116 Å². The van der Waals surface area contributed by atoms with Crippen LogP contribution >= 0.6 is 15.9 Å². The quantitative estimate of drug-likeness (QED) is 0.730. The molecule has 1 heterocycles. The maximum absolute atomic E-state index is 11.9.